The molecule has 5 rings (SSSR count). The number of carbonyl (C=O) groups excluding carboxylic acids is 1. The molecule has 0 spiro atoms. The summed E-state index contributed by atoms with van der Waals surface area (Å²) in [5, 5.41) is 1.11. The number of likely N-dealkylation sites (tertiary alicyclic amines) is 1. The van der Waals surface area contributed by atoms with E-state index in [1.807, 2.05) is 40.9 Å². The third kappa shape index (κ3) is 4.20. The molecule has 170 valence electrons. The Bertz CT molecular complexity index is 1260. The first-order chi connectivity index (χ1) is 16.0. The molecule has 0 radical (unpaired) electrons. The summed E-state index contributed by atoms with van der Waals surface area (Å²) in [6.45, 7) is 6.81. The highest BCUT2D eigenvalue weighted by molar-refractivity contribution is 5.98. The molecule has 0 atom stereocenters. The van der Waals surface area contributed by atoms with Crippen molar-refractivity contribution in [2.75, 3.05) is 13.1 Å². The zero-order valence-corrected chi connectivity index (χ0v) is 19.7. The van der Waals surface area contributed by atoms with Crippen LogP contribution >= 0.6 is 0 Å². The van der Waals surface area contributed by atoms with Crippen LogP contribution in [0.5, 0.6) is 0 Å². The summed E-state index contributed by atoms with van der Waals surface area (Å²) in [6.07, 6.45) is 5.88. The van der Waals surface area contributed by atoms with E-state index < -0.39 is 0 Å². The minimum absolute atomic E-state index is 0.126. The smallest absolute Gasteiger partial charge is 0.270 e. The molecule has 0 unspecified atom stereocenters. The zero-order chi connectivity index (χ0) is 22.9. The molecule has 1 fully saturated rings. The van der Waals surface area contributed by atoms with Gasteiger partial charge in [0.2, 0.25) is 0 Å². The number of hydrogen-bond donors (Lipinski definition) is 0. The predicted octanol–water partition coefficient (Wildman–Crippen LogP) is 5.57. The van der Waals surface area contributed by atoms with Gasteiger partial charge in [-0.25, -0.2) is 4.98 Å². The van der Waals surface area contributed by atoms with Crippen LogP contribution in [0.15, 0.2) is 67.0 Å². The van der Waals surface area contributed by atoms with E-state index in [0.29, 0.717) is 11.8 Å². The molecule has 5 nitrogen and oxygen atoms in total. The third-order valence-corrected chi connectivity index (χ3v) is 7.07. The number of piperidine rings is 1. The van der Waals surface area contributed by atoms with Gasteiger partial charge in [-0.1, -0.05) is 56.3 Å². The lowest BCUT2D eigenvalue weighted by molar-refractivity contribution is 0.0701. The average Bonchev–Trinajstić information content (AvgIpc) is 3.43. The Morgan fingerprint density at radius 2 is 1.79 bits per heavy atom. The summed E-state index contributed by atoms with van der Waals surface area (Å²) >= 11 is 0. The number of fused-ring (bicyclic) bond motifs is 1. The van der Waals surface area contributed by atoms with E-state index in [1.165, 1.54) is 11.1 Å². The fourth-order valence-electron chi connectivity index (χ4n) is 5.02. The summed E-state index contributed by atoms with van der Waals surface area (Å²) in [5.41, 5.74) is 4.52. The molecule has 0 aliphatic carbocycles. The molecular weight excluding hydrogens is 408 g/mol. The third-order valence-electron chi connectivity index (χ3n) is 7.07. The van der Waals surface area contributed by atoms with Gasteiger partial charge in [-0.05, 0) is 42.0 Å². The lowest BCUT2D eigenvalue weighted by atomic mass is 9.95. The van der Waals surface area contributed by atoms with Crippen molar-refractivity contribution in [1.82, 2.24) is 19.0 Å². The molecular formula is C28H32N4O. The maximum absolute atomic E-state index is 13.3. The second-order valence-electron chi connectivity index (χ2n) is 9.52. The fraction of sp³-hybridized carbons (Fsp3) is 0.357. The van der Waals surface area contributed by atoms with Crippen LogP contribution in [0.1, 0.15) is 66.0 Å². The Labute approximate surface area is 195 Å². The van der Waals surface area contributed by atoms with Crippen molar-refractivity contribution in [3.63, 3.8) is 0 Å². The molecule has 1 saturated heterocycles. The Kier molecular flexibility index (Phi) is 5.79. The summed E-state index contributed by atoms with van der Waals surface area (Å²) in [7, 11) is 1.98. The second kappa shape index (κ2) is 8.89. The maximum Gasteiger partial charge on any atom is 0.270 e. The maximum atomic E-state index is 13.3. The number of nitrogens with zero attached hydrogens (tertiary/aromatic N) is 4. The van der Waals surface area contributed by atoms with E-state index in [4.69, 9.17) is 4.98 Å². The van der Waals surface area contributed by atoms with Crippen molar-refractivity contribution in [3.8, 4) is 0 Å². The number of para-hydroxylation sites is 1. The number of amides is 1. The van der Waals surface area contributed by atoms with Crippen LogP contribution in [-0.4, -0.2) is 38.0 Å². The monoisotopic (exact) mass is 440 g/mol. The SMILES string of the molecule is CC(C)c1ccc(Cn2ccnc2C2CCN(C(=O)c3cc4ccccc4n3C)CC2)cc1. The Hall–Kier alpha value is -3.34. The van der Waals surface area contributed by atoms with E-state index in [1.54, 1.807) is 0 Å². The molecule has 5 heteroatoms. The van der Waals surface area contributed by atoms with Crippen molar-refractivity contribution in [1.29, 1.82) is 0 Å². The van der Waals surface area contributed by atoms with Crippen LogP contribution in [-0.2, 0) is 13.6 Å². The van der Waals surface area contributed by atoms with E-state index in [9.17, 15) is 4.79 Å². The summed E-state index contributed by atoms with van der Waals surface area (Å²) in [5.74, 6) is 2.19. The summed E-state index contributed by atoms with van der Waals surface area (Å²) in [4.78, 5) is 20.0. The van der Waals surface area contributed by atoms with Gasteiger partial charge in [0.1, 0.15) is 11.5 Å². The van der Waals surface area contributed by atoms with Crippen molar-refractivity contribution >= 4 is 16.8 Å². The zero-order valence-electron chi connectivity index (χ0n) is 19.7. The van der Waals surface area contributed by atoms with E-state index in [-0.39, 0.29) is 5.91 Å². The predicted molar refractivity (Wildman–Crippen MR) is 133 cm³/mol. The first-order valence-electron chi connectivity index (χ1n) is 11.9. The van der Waals surface area contributed by atoms with Crippen molar-refractivity contribution in [2.45, 2.75) is 45.1 Å². The van der Waals surface area contributed by atoms with Crippen LogP contribution in [0.2, 0.25) is 0 Å². The van der Waals surface area contributed by atoms with Crippen LogP contribution in [0.4, 0.5) is 0 Å². The molecule has 3 heterocycles. The first-order valence-corrected chi connectivity index (χ1v) is 11.9. The van der Waals surface area contributed by atoms with Crippen LogP contribution in [0.25, 0.3) is 10.9 Å². The van der Waals surface area contributed by atoms with Crippen LogP contribution in [0, 0.1) is 0 Å². The second-order valence-corrected chi connectivity index (χ2v) is 9.52. The molecule has 1 aliphatic rings. The number of benzene rings is 2. The highest BCUT2D eigenvalue weighted by Gasteiger charge is 2.28. The molecule has 0 saturated carbocycles. The van der Waals surface area contributed by atoms with E-state index >= 15 is 0 Å². The molecule has 0 N–H and O–H groups in total. The molecule has 2 aromatic carbocycles. The first kappa shape index (κ1) is 21.5. The minimum Gasteiger partial charge on any atom is -0.340 e. The summed E-state index contributed by atoms with van der Waals surface area (Å²) < 4.78 is 4.29. The lowest BCUT2D eigenvalue weighted by Gasteiger charge is -2.32. The largest absolute Gasteiger partial charge is 0.340 e. The van der Waals surface area contributed by atoms with Gasteiger partial charge >= 0.3 is 0 Å². The number of imidazole rings is 1. The van der Waals surface area contributed by atoms with Gasteiger partial charge in [-0.3, -0.25) is 4.79 Å². The quantitative estimate of drug-likeness (QED) is 0.407. The highest BCUT2D eigenvalue weighted by atomic mass is 16.2. The normalized spacial score (nSPS) is 15.0. The van der Waals surface area contributed by atoms with E-state index in [2.05, 4.69) is 61.0 Å². The molecule has 1 aliphatic heterocycles. The van der Waals surface area contributed by atoms with Gasteiger partial charge in [-0.15, -0.1) is 0 Å². The van der Waals surface area contributed by atoms with Gasteiger partial charge in [-0.2, -0.15) is 0 Å². The number of carbonyl (C=O) groups is 1. The van der Waals surface area contributed by atoms with Gasteiger partial charge in [0.25, 0.3) is 5.91 Å². The van der Waals surface area contributed by atoms with Crippen molar-refractivity contribution < 1.29 is 4.79 Å². The fourth-order valence-corrected chi connectivity index (χ4v) is 5.02. The lowest BCUT2D eigenvalue weighted by Crippen LogP contribution is -2.39. The molecule has 1 amide bonds. The number of rotatable bonds is 5. The molecule has 0 bridgehead atoms. The Balaban J connectivity index is 1.25. The minimum atomic E-state index is 0.126. The van der Waals surface area contributed by atoms with Crippen molar-refractivity contribution in [3.05, 3.63) is 89.6 Å². The standard InChI is InChI=1S/C28H32N4O/c1-20(2)22-10-8-21(9-11-22)19-32-17-14-29-27(32)23-12-15-31(16-13-23)28(33)26-18-24-6-4-5-7-25(24)30(26)3/h4-11,14,17-18,20,23H,12-13,15-16,19H2,1-3H3. The number of aryl methyl sites for hydroxylation is 1. The Morgan fingerprint density at radius 1 is 1.06 bits per heavy atom. The topological polar surface area (TPSA) is 43.1 Å². The van der Waals surface area contributed by atoms with Crippen molar-refractivity contribution in [2.24, 2.45) is 7.05 Å². The van der Waals surface area contributed by atoms with Gasteiger partial charge in [0.05, 0.1) is 0 Å². The van der Waals surface area contributed by atoms with Gasteiger partial charge < -0.3 is 14.0 Å². The van der Waals surface area contributed by atoms with E-state index in [0.717, 1.165) is 54.9 Å². The number of hydrogen-bond acceptors (Lipinski definition) is 2. The number of aromatic nitrogens is 3. The molecule has 33 heavy (non-hydrogen) atoms. The van der Waals surface area contributed by atoms with Crippen LogP contribution < -0.4 is 0 Å². The molecule has 2 aromatic heterocycles. The van der Waals surface area contributed by atoms with Crippen LogP contribution in [0.3, 0.4) is 0 Å². The molecule has 4 aromatic rings. The van der Waals surface area contributed by atoms with Gasteiger partial charge in [0, 0.05) is 55.9 Å². The Morgan fingerprint density at radius 3 is 2.48 bits per heavy atom. The highest BCUT2D eigenvalue weighted by Crippen LogP contribution is 2.29. The average molecular weight is 441 g/mol. The summed E-state index contributed by atoms with van der Waals surface area (Å²) in [6, 6.07) is 19.1. The van der Waals surface area contributed by atoms with Gasteiger partial charge in [0.15, 0.2) is 0 Å².